The molecule has 5 nitrogen and oxygen atoms in total. The summed E-state index contributed by atoms with van der Waals surface area (Å²) in [4.78, 5) is 14.2. The highest BCUT2D eigenvalue weighted by Crippen LogP contribution is 2.27. The molecule has 23 heavy (non-hydrogen) atoms. The number of carbonyl (C=O) groups excluding carboxylic acids is 1. The lowest BCUT2D eigenvalue weighted by molar-refractivity contribution is -0.129. The van der Waals surface area contributed by atoms with Crippen molar-refractivity contribution in [1.82, 2.24) is 14.8 Å². The van der Waals surface area contributed by atoms with Gasteiger partial charge in [0.2, 0.25) is 5.91 Å². The minimum absolute atomic E-state index is 0.196. The Kier molecular flexibility index (Phi) is 4.13. The molecule has 1 aromatic carbocycles. The maximum absolute atomic E-state index is 14.1. The molecule has 1 amide bonds. The second kappa shape index (κ2) is 6.23. The van der Waals surface area contributed by atoms with E-state index in [2.05, 4.69) is 11.4 Å². The molecule has 1 aliphatic heterocycles. The first-order valence-electron chi connectivity index (χ1n) is 7.41. The fourth-order valence-electron chi connectivity index (χ4n) is 2.98. The summed E-state index contributed by atoms with van der Waals surface area (Å²) in [6, 6.07) is 9.61. The molecule has 6 heteroatoms. The first kappa shape index (κ1) is 15.3. The van der Waals surface area contributed by atoms with E-state index in [0.29, 0.717) is 30.9 Å². The van der Waals surface area contributed by atoms with Crippen molar-refractivity contribution in [3.8, 4) is 6.07 Å². The van der Waals surface area contributed by atoms with Gasteiger partial charge in [-0.2, -0.15) is 5.26 Å². The summed E-state index contributed by atoms with van der Waals surface area (Å²) in [5.74, 6) is -0.580. The molecule has 2 heterocycles. The Bertz CT molecular complexity index is 777. The fraction of sp³-hybridized carbons (Fsp3) is 0.294. The zero-order chi connectivity index (χ0) is 16.4. The molecule has 1 N–H and O–H groups in total. The van der Waals surface area contributed by atoms with Crippen LogP contribution in [0.4, 0.5) is 4.39 Å². The molecular weight excluding hydrogens is 295 g/mol. The van der Waals surface area contributed by atoms with Crippen LogP contribution in [0.5, 0.6) is 0 Å². The summed E-state index contributed by atoms with van der Waals surface area (Å²) in [6.07, 6.45) is 1.86. The molecule has 1 fully saturated rings. The Balaban J connectivity index is 1.90. The predicted molar refractivity (Wildman–Crippen MR) is 82.7 cm³/mol. The number of aromatic nitrogens is 1. The van der Waals surface area contributed by atoms with Crippen molar-refractivity contribution in [2.24, 2.45) is 7.05 Å². The first-order valence-corrected chi connectivity index (χ1v) is 7.41. The van der Waals surface area contributed by atoms with Gasteiger partial charge in [0.15, 0.2) is 0 Å². The van der Waals surface area contributed by atoms with Gasteiger partial charge in [-0.3, -0.25) is 9.69 Å². The van der Waals surface area contributed by atoms with E-state index in [1.807, 2.05) is 11.1 Å². The van der Waals surface area contributed by atoms with Crippen molar-refractivity contribution in [3.05, 3.63) is 59.2 Å². The second-order valence-corrected chi connectivity index (χ2v) is 5.64. The second-order valence-electron chi connectivity index (χ2n) is 5.64. The van der Waals surface area contributed by atoms with Gasteiger partial charge in [0, 0.05) is 38.4 Å². The molecule has 0 spiro atoms. The van der Waals surface area contributed by atoms with E-state index < -0.39 is 6.04 Å². The van der Waals surface area contributed by atoms with Gasteiger partial charge in [0.05, 0.1) is 0 Å². The van der Waals surface area contributed by atoms with Crippen molar-refractivity contribution in [1.29, 1.82) is 5.26 Å². The van der Waals surface area contributed by atoms with E-state index in [-0.39, 0.29) is 11.7 Å². The number of aryl methyl sites for hydroxylation is 1. The van der Waals surface area contributed by atoms with Gasteiger partial charge in [-0.05, 0) is 17.7 Å². The Morgan fingerprint density at radius 1 is 1.43 bits per heavy atom. The van der Waals surface area contributed by atoms with Crippen molar-refractivity contribution >= 4 is 5.91 Å². The monoisotopic (exact) mass is 312 g/mol. The molecule has 1 saturated heterocycles. The zero-order valence-corrected chi connectivity index (χ0v) is 12.8. The van der Waals surface area contributed by atoms with Crippen molar-refractivity contribution in [3.63, 3.8) is 0 Å². The summed E-state index contributed by atoms with van der Waals surface area (Å²) >= 11 is 0. The van der Waals surface area contributed by atoms with Gasteiger partial charge in [0.1, 0.15) is 23.6 Å². The lowest BCUT2D eigenvalue weighted by Gasteiger charge is -2.35. The van der Waals surface area contributed by atoms with E-state index in [9.17, 15) is 9.18 Å². The minimum Gasteiger partial charge on any atom is -0.353 e. The number of piperazine rings is 1. The average Bonchev–Trinajstić information content (AvgIpc) is 2.88. The minimum atomic E-state index is -0.657. The Labute approximate surface area is 133 Å². The van der Waals surface area contributed by atoms with E-state index in [1.165, 1.54) is 6.07 Å². The Hall–Kier alpha value is -2.65. The molecular formula is C17H17FN4O. The molecule has 1 atom stereocenters. The van der Waals surface area contributed by atoms with Crippen LogP contribution in [-0.2, 0) is 18.4 Å². The summed E-state index contributed by atoms with van der Waals surface area (Å²) in [5.41, 5.74) is 1.87. The molecule has 0 bridgehead atoms. The molecule has 0 saturated carbocycles. The molecule has 0 radical (unpaired) electrons. The summed E-state index contributed by atoms with van der Waals surface area (Å²) in [5, 5.41) is 11.8. The fourth-order valence-corrected chi connectivity index (χ4v) is 2.98. The summed E-state index contributed by atoms with van der Waals surface area (Å²) in [7, 11) is 1.80. The van der Waals surface area contributed by atoms with Crippen LogP contribution in [0.2, 0.25) is 0 Å². The molecule has 118 valence electrons. The van der Waals surface area contributed by atoms with Crippen LogP contribution < -0.4 is 5.32 Å². The number of hydrogen-bond acceptors (Lipinski definition) is 3. The number of benzene rings is 1. The van der Waals surface area contributed by atoms with Crippen molar-refractivity contribution in [2.75, 3.05) is 13.1 Å². The highest BCUT2D eigenvalue weighted by molar-refractivity contribution is 5.84. The van der Waals surface area contributed by atoms with Gasteiger partial charge in [0.25, 0.3) is 0 Å². The standard InChI is InChI=1S/C17H17FN4O/c1-21-10-12(8-13(21)9-19)11-22-7-6-20-17(23)16(22)14-4-2-3-5-15(14)18/h2-5,8,10,16H,6-7,11H2,1H3,(H,20,23). The van der Waals surface area contributed by atoms with Gasteiger partial charge >= 0.3 is 0 Å². The zero-order valence-electron chi connectivity index (χ0n) is 12.8. The highest BCUT2D eigenvalue weighted by Gasteiger charge is 2.33. The molecule has 1 aliphatic rings. The SMILES string of the molecule is Cn1cc(CN2CCNC(=O)C2c2ccccc2F)cc1C#N. The number of amides is 1. The van der Waals surface area contributed by atoms with Gasteiger partial charge < -0.3 is 9.88 Å². The predicted octanol–water partition coefficient (Wildman–Crippen LogP) is 1.71. The number of nitriles is 1. The quantitative estimate of drug-likeness (QED) is 0.938. The number of rotatable bonds is 3. The van der Waals surface area contributed by atoms with E-state index >= 15 is 0 Å². The largest absolute Gasteiger partial charge is 0.353 e. The van der Waals surface area contributed by atoms with Gasteiger partial charge in [-0.25, -0.2) is 4.39 Å². The molecule has 0 aliphatic carbocycles. The number of hydrogen-bond donors (Lipinski definition) is 1. The van der Waals surface area contributed by atoms with Crippen LogP contribution in [0, 0.1) is 17.1 Å². The maximum atomic E-state index is 14.1. The molecule has 3 rings (SSSR count). The third-order valence-electron chi connectivity index (χ3n) is 4.07. The number of halogens is 1. The number of nitrogens with one attached hydrogen (secondary N) is 1. The third-order valence-corrected chi connectivity index (χ3v) is 4.07. The van der Waals surface area contributed by atoms with Crippen LogP contribution in [0.1, 0.15) is 22.9 Å². The smallest absolute Gasteiger partial charge is 0.242 e. The van der Waals surface area contributed by atoms with Crippen LogP contribution >= 0.6 is 0 Å². The highest BCUT2D eigenvalue weighted by atomic mass is 19.1. The normalized spacial score (nSPS) is 18.5. The Morgan fingerprint density at radius 2 is 2.22 bits per heavy atom. The van der Waals surface area contributed by atoms with Crippen molar-refractivity contribution < 1.29 is 9.18 Å². The average molecular weight is 312 g/mol. The van der Waals surface area contributed by atoms with Gasteiger partial charge in [-0.1, -0.05) is 18.2 Å². The summed E-state index contributed by atoms with van der Waals surface area (Å²) in [6.45, 7) is 1.64. The van der Waals surface area contributed by atoms with Crippen LogP contribution in [-0.4, -0.2) is 28.5 Å². The van der Waals surface area contributed by atoms with E-state index in [1.54, 1.807) is 35.9 Å². The van der Waals surface area contributed by atoms with E-state index in [0.717, 1.165) is 5.56 Å². The van der Waals surface area contributed by atoms with Gasteiger partial charge in [-0.15, -0.1) is 0 Å². The lowest BCUT2D eigenvalue weighted by Crippen LogP contribution is -2.49. The molecule has 1 unspecified atom stereocenters. The van der Waals surface area contributed by atoms with E-state index in [4.69, 9.17) is 5.26 Å². The van der Waals surface area contributed by atoms with Crippen LogP contribution in [0.3, 0.4) is 0 Å². The number of carbonyl (C=O) groups is 1. The lowest BCUT2D eigenvalue weighted by atomic mass is 10.0. The number of nitrogens with zero attached hydrogens (tertiary/aromatic N) is 3. The topological polar surface area (TPSA) is 61.1 Å². The molecule has 1 aromatic heterocycles. The van der Waals surface area contributed by atoms with Crippen molar-refractivity contribution in [2.45, 2.75) is 12.6 Å². The Morgan fingerprint density at radius 3 is 2.91 bits per heavy atom. The third kappa shape index (κ3) is 2.96. The van der Waals surface area contributed by atoms with Crippen LogP contribution in [0.25, 0.3) is 0 Å². The maximum Gasteiger partial charge on any atom is 0.242 e. The summed E-state index contributed by atoms with van der Waals surface area (Å²) < 4.78 is 15.9. The van der Waals surface area contributed by atoms with Crippen LogP contribution in [0.15, 0.2) is 36.5 Å². The first-order chi connectivity index (χ1) is 11.1. The molecule has 2 aromatic rings.